The summed E-state index contributed by atoms with van der Waals surface area (Å²) in [6.07, 6.45) is 0.229. The van der Waals surface area contributed by atoms with Crippen LogP contribution in [0.25, 0.3) is 0 Å². The van der Waals surface area contributed by atoms with Crippen molar-refractivity contribution >= 4 is 37.5 Å². The van der Waals surface area contributed by atoms with Crippen molar-refractivity contribution < 1.29 is 13.2 Å². The predicted octanol–water partition coefficient (Wildman–Crippen LogP) is 4.90. The van der Waals surface area contributed by atoms with Crippen LogP contribution in [0.4, 0.5) is 5.69 Å². The SMILES string of the molecule is Cc1cc(C)c(S(=O)(=O)N[C@@H](Cc2ccccc2)C(=O)Nc2ccc(Br)cc2)c(C)c1. The lowest BCUT2D eigenvalue weighted by atomic mass is 10.1. The van der Waals surface area contributed by atoms with Crippen molar-refractivity contribution in [2.45, 2.75) is 38.1 Å². The van der Waals surface area contributed by atoms with E-state index < -0.39 is 22.0 Å². The van der Waals surface area contributed by atoms with Crippen LogP contribution in [0.2, 0.25) is 0 Å². The normalized spacial score (nSPS) is 12.4. The fourth-order valence-corrected chi connectivity index (χ4v) is 5.55. The van der Waals surface area contributed by atoms with Gasteiger partial charge in [0.15, 0.2) is 0 Å². The number of amides is 1. The number of anilines is 1. The van der Waals surface area contributed by atoms with Crippen molar-refractivity contribution in [3.05, 3.63) is 93.5 Å². The summed E-state index contributed by atoms with van der Waals surface area (Å²) in [5.74, 6) is -0.419. The number of rotatable bonds is 7. The number of sulfonamides is 1. The second-order valence-electron chi connectivity index (χ2n) is 7.59. The van der Waals surface area contributed by atoms with Gasteiger partial charge in [-0.1, -0.05) is 64.0 Å². The Kier molecular flexibility index (Phi) is 7.30. The first-order valence-corrected chi connectivity index (χ1v) is 12.1. The Balaban J connectivity index is 1.92. The summed E-state index contributed by atoms with van der Waals surface area (Å²) in [5.41, 5.74) is 3.74. The molecule has 3 aromatic rings. The van der Waals surface area contributed by atoms with E-state index in [9.17, 15) is 13.2 Å². The standard InChI is InChI=1S/C24H25BrN2O3S/c1-16-13-17(2)23(18(3)14-16)31(29,30)27-22(15-19-7-5-4-6-8-19)24(28)26-21-11-9-20(25)10-12-21/h4-14,22,27H,15H2,1-3H3,(H,26,28)/t22-/m0/s1. The van der Waals surface area contributed by atoms with Crippen molar-refractivity contribution in [3.8, 4) is 0 Å². The van der Waals surface area contributed by atoms with Crippen LogP contribution in [0.3, 0.4) is 0 Å². The minimum absolute atomic E-state index is 0.215. The van der Waals surface area contributed by atoms with E-state index in [1.54, 1.807) is 26.0 Å². The Morgan fingerprint density at radius 3 is 2.10 bits per heavy atom. The average molecular weight is 501 g/mol. The summed E-state index contributed by atoms with van der Waals surface area (Å²) < 4.78 is 30.1. The van der Waals surface area contributed by atoms with Crippen LogP contribution in [-0.2, 0) is 21.2 Å². The van der Waals surface area contributed by atoms with Gasteiger partial charge in [-0.3, -0.25) is 4.79 Å². The average Bonchev–Trinajstić information content (AvgIpc) is 2.68. The molecule has 0 aliphatic carbocycles. The molecule has 3 aromatic carbocycles. The molecule has 0 bridgehead atoms. The molecule has 0 aromatic heterocycles. The smallest absolute Gasteiger partial charge is 0.242 e. The zero-order valence-electron chi connectivity index (χ0n) is 17.6. The van der Waals surface area contributed by atoms with E-state index in [-0.39, 0.29) is 11.3 Å². The molecule has 3 rings (SSSR count). The van der Waals surface area contributed by atoms with Gasteiger partial charge < -0.3 is 5.32 Å². The maximum Gasteiger partial charge on any atom is 0.242 e. The van der Waals surface area contributed by atoms with Gasteiger partial charge in [0.2, 0.25) is 15.9 Å². The second-order valence-corrected chi connectivity index (χ2v) is 10.2. The molecule has 0 unspecified atom stereocenters. The highest BCUT2D eigenvalue weighted by molar-refractivity contribution is 9.10. The number of carbonyl (C=O) groups excluding carboxylic acids is 1. The topological polar surface area (TPSA) is 75.3 Å². The number of hydrogen-bond donors (Lipinski definition) is 2. The van der Waals surface area contributed by atoms with Crippen LogP contribution < -0.4 is 10.0 Å². The molecule has 0 spiro atoms. The lowest BCUT2D eigenvalue weighted by molar-refractivity contribution is -0.117. The second kappa shape index (κ2) is 9.77. The molecule has 0 radical (unpaired) electrons. The highest BCUT2D eigenvalue weighted by Crippen LogP contribution is 2.23. The monoisotopic (exact) mass is 500 g/mol. The molecule has 5 nitrogen and oxygen atoms in total. The van der Waals surface area contributed by atoms with Crippen molar-refractivity contribution in [2.24, 2.45) is 0 Å². The predicted molar refractivity (Wildman–Crippen MR) is 128 cm³/mol. The van der Waals surface area contributed by atoms with Crippen LogP contribution in [0.5, 0.6) is 0 Å². The van der Waals surface area contributed by atoms with Crippen LogP contribution in [0.1, 0.15) is 22.3 Å². The number of nitrogens with one attached hydrogen (secondary N) is 2. The zero-order chi connectivity index (χ0) is 22.6. The lowest BCUT2D eigenvalue weighted by Crippen LogP contribution is -2.45. The van der Waals surface area contributed by atoms with E-state index in [1.807, 2.05) is 61.5 Å². The van der Waals surface area contributed by atoms with Gasteiger partial charge in [-0.2, -0.15) is 4.72 Å². The van der Waals surface area contributed by atoms with Gasteiger partial charge in [0, 0.05) is 10.2 Å². The minimum atomic E-state index is -3.92. The summed E-state index contributed by atoms with van der Waals surface area (Å²) in [4.78, 5) is 13.3. The highest BCUT2D eigenvalue weighted by Gasteiger charge is 2.28. The van der Waals surface area contributed by atoms with E-state index >= 15 is 0 Å². The maximum atomic E-state index is 13.3. The van der Waals surface area contributed by atoms with E-state index in [4.69, 9.17) is 0 Å². The molecule has 0 heterocycles. The molecule has 1 atom stereocenters. The first-order valence-electron chi connectivity index (χ1n) is 9.86. The Morgan fingerprint density at radius 1 is 0.935 bits per heavy atom. The molecule has 0 saturated heterocycles. The first-order chi connectivity index (χ1) is 14.7. The lowest BCUT2D eigenvalue weighted by Gasteiger charge is -2.20. The first kappa shape index (κ1) is 23.2. The maximum absolute atomic E-state index is 13.3. The molecule has 7 heteroatoms. The van der Waals surface area contributed by atoms with E-state index in [0.717, 1.165) is 15.6 Å². The Morgan fingerprint density at radius 2 is 1.52 bits per heavy atom. The van der Waals surface area contributed by atoms with E-state index in [1.165, 1.54) is 0 Å². The van der Waals surface area contributed by atoms with Crippen molar-refractivity contribution in [1.82, 2.24) is 4.72 Å². The van der Waals surface area contributed by atoms with Gasteiger partial charge in [-0.25, -0.2) is 8.42 Å². The quantitative estimate of drug-likeness (QED) is 0.484. The van der Waals surface area contributed by atoms with E-state index in [2.05, 4.69) is 26.0 Å². The minimum Gasteiger partial charge on any atom is -0.325 e. The molecule has 1 amide bonds. The zero-order valence-corrected chi connectivity index (χ0v) is 20.0. The summed E-state index contributed by atoms with van der Waals surface area (Å²) >= 11 is 3.36. The van der Waals surface area contributed by atoms with Gasteiger partial charge in [-0.05, 0) is 68.1 Å². The number of aryl methyl sites for hydroxylation is 3. The molecule has 0 fully saturated rings. The van der Waals surface area contributed by atoms with Crippen molar-refractivity contribution in [3.63, 3.8) is 0 Å². The third-order valence-corrected chi connectivity index (χ3v) is 7.19. The third-order valence-electron chi connectivity index (χ3n) is 4.88. The number of carbonyl (C=O) groups is 1. The third kappa shape index (κ3) is 6.03. The summed E-state index contributed by atoms with van der Waals surface area (Å²) in [6.45, 7) is 5.46. The molecule has 0 aliphatic rings. The molecule has 0 saturated carbocycles. The van der Waals surface area contributed by atoms with E-state index in [0.29, 0.717) is 16.8 Å². The van der Waals surface area contributed by atoms with Gasteiger partial charge >= 0.3 is 0 Å². The van der Waals surface area contributed by atoms with Gasteiger partial charge in [0.1, 0.15) is 6.04 Å². The molecule has 0 aliphatic heterocycles. The van der Waals surface area contributed by atoms with Gasteiger partial charge in [0.25, 0.3) is 0 Å². The Bertz CT molecular complexity index is 1150. The van der Waals surface area contributed by atoms with Gasteiger partial charge in [0.05, 0.1) is 4.90 Å². The number of benzene rings is 3. The van der Waals surface area contributed by atoms with Crippen LogP contribution in [0, 0.1) is 20.8 Å². The van der Waals surface area contributed by atoms with Crippen LogP contribution in [0.15, 0.2) is 76.1 Å². The highest BCUT2D eigenvalue weighted by atomic mass is 79.9. The molecular weight excluding hydrogens is 476 g/mol. The number of halogens is 1. The fraction of sp³-hybridized carbons (Fsp3) is 0.208. The Hall–Kier alpha value is -2.48. The largest absolute Gasteiger partial charge is 0.325 e. The van der Waals surface area contributed by atoms with Gasteiger partial charge in [-0.15, -0.1) is 0 Å². The fourth-order valence-electron chi connectivity index (χ4n) is 3.64. The summed E-state index contributed by atoms with van der Waals surface area (Å²) in [5, 5.41) is 2.82. The van der Waals surface area contributed by atoms with Crippen LogP contribution in [-0.4, -0.2) is 20.4 Å². The summed E-state index contributed by atoms with van der Waals surface area (Å²) in [7, 11) is -3.92. The number of hydrogen-bond acceptors (Lipinski definition) is 3. The molecule has 2 N–H and O–H groups in total. The van der Waals surface area contributed by atoms with Crippen molar-refractivity contribution in [1.29, 1.82) is 0 Å². The summed E-state index contributed by atoms with van der Waals surface area (Å²) in [6, 6.07) is 19.2. The van der Waals surface area contributed by atoms with Crippen molar-refractivity contribution in [2.75, 3.05) is 5.32 Å². The molecule has 31 heavy (non-hydrogen) atoms. The molecular formula is C24H25BrN2O3S. The Labute approximate surface area is 192 Å². The molecule has 162 valence electrons. The van der Waals surface area contributed by atoms with Crippen LogP contribution >= 0.6 is 15.9 Å².